The summed E-state index contributed by atoms with van der Waals surface area (Å²) in [6, 6.07) is 85.0. The van der Waals surface area contributed by atoms with Gasteiger partial charge in [-0.3, -0.25) is 0 Å². The number of fused-ring (bicyclic) bond motifs is 9. The molecule has 0 spiro atoms. The number of hydrogen-bond donors (Lipinski definition) is 0. The summed E-state index contributed by atoms with van der Waals surface area (Å²) < 4.78 is 5.03. The van der Waals surface area contributed by atoms with Gasteiger partial charge in [0.05, 0.1) is 16.7 Å². The average molecular weight is 861 g/mol. The molecule has 0 N–H and O–H groups in total. The Balaban J connectivity index is 0.893. The van der Waals surface area contributed by atoms with Crippen LogP contribution in [0.5, 0.6) is 0 Å². The Labute approximate surface area is 388 Å². The highest BCUT2D eigenvalue weighted by Gasteiger charge is 2.37. The van der Waals surface area contributed by atoms with Crippen molar-refractivity contribution in [1.82, 2.24) is 4.57 Å². The molecular weight excluding hydrogens is 817 g/mol. The summed E-state index contributed by atoms with van der Waals surface area (Å²) in [6.07, 6.45) is 0. The third kappa shape index (κ3) is 6.01. The van der Waals surface area contributed by atoms with Gasteiger partial charge < -0.3 is 9.47 Å². The fourth-order valence-electron chi connectivity index (χ4n) is 10.9. The highest BCUT2D eigenvalue weighted by molar-refractivity contribution is 7.25. The van der Waals surface area contributed by atoms with E-state index in [2.05, 4.69) is 254 Å². The molecule has 10 aromatic carbocycles. The molecule has 0 saturated carbocycles. The average Bonchev–Trinajstić information content (AvgIpc) is 4.00. The second-order valence-electron chi connectivity index (χ2n) is 18.1. The maximum Gasteiger partial charge on any atom is 0.0541 e. The van der Waals surface area contributed by atoms with Crippen molar-refractivity contribution >= 4 is 70.4 Å². The summed E-state index contributed by atoms with van der Waals surface area (Å²) in [5.74, 6) is 0. The summed E-state index contributed by atoms with van der Waals surface area (Å²) >= 11 is 1.86. The summed E-state index contributed by atoms with van der Waals surface area (Å²) in [6.45, 7) is 4.74. The Kier molecular flexibility index (Phi) is 8.78. The summed E-state index contributed by atoms with van der Waals surface area (Å²) in [5.41, 5.74) is 19.6. The number of anilines is 3. The van der Waals surface area contributed by atoms with Gasteiger partial charge in [0, 0.05) is 59.0 Å². The van der Waals surface area contributed by atoms with Crippen molar-refractivity contribution in [2.45, 2.75) is 19.3 Å². The van der Waals surface area contributed by atoms with Crippen LogP contribution in [-0.4, -0.2) is 4.57 Å². The van der Waals surface area contributed by atoms with E-state index in [1.807, 2.05) is 11.3 Å². The van der Waals surface area contributed by atoms with Gasteiger partial charge in [0.1, 0.15) is 0 Å². The zero-order valence-corrected chi connectivity index (χ0v) is 37.6. The number of para-hydroxylation sites is 3. The summed E-state index contributed by atoms with van der Waals surface area (Å²) in [4.78, 5) is 2.41. The Hall–Kier alpha value is -7.98. The van der Waals surface area contributed by atoms with Crippen molar-refractivity contribution in [3.63, 3.8) is 0 Å². The normalized spacial score (nSPS) is 12.8. The molecule has 2 aromatic heterocycles. The first kappa shape index (κ1) is 38.5. The molecule has 3 heteroatoms. The second kappa shape index (κ2) is 15.1. The van der Waals surface area contributed by atoms with Gasteiger partial charge in [-0.15, -0.1) is 11.3 Å². The lowest BCUT2D eigenvalue weighted by Crippen LogP contribution is -2.16. The van der Waals surface area contributed by atoms with Crippen molar-refractivity contribution in [2.24, 2.45) is 0 Å². The van der Waals surface area contributed by atoms with Crippen LogP contribution in [0.15, 0.2) is 231 Å². The number of hydrogen-bond acceptors (Lipinski definition) is 2. The molecule has 0 saturated heterocycles. The molecule has 0 atom stereocenters. The van der Waals surface area contributed by atoms with Gasteiger partial charge >= 0.3 is 0 Å². The van der Waals surface area contributed by atoms with E-state index in [4.69, 9.17) is 0 Å². The van der Waals surface area contributed by atoms with Gasteiger partial charge in [-0.2, -0.15) is 0 Å². The Morgan fingerprint density at radius 3 is 1.67 bits per heavy atom. The molecule has 0 radical (unpaired) electrons. The van der Waals surface area contributed by atoms with Crippen molar-refractivity contribution in [3.8, 4) is 50.2 Å². The molecule has 0 unspecified atom stereocenters. The molecule has 2 heterocycles. The van der Waals surface area contributed by atoms with Crippen LogP contribution >= 0.6 is 11.3 Å². The lowest BCUT2D eigenvalue weighted by molar-refractivity contribution is 0.662. The first-order valence-corrected chi connectivity index (χ1v) is 23.6. The zero-order chi connectivity index (χ0) is 43.9. The van der Waals surface area contributed by atoms with Gasteiger partial charge in [-0.1, -0.05) is 172 Å². The molecule has 0 aliphatic heterocycles. The number of aromatic nitrogens is 1. The third-order valence-corrected chi connectivity index (χ3v) is 15.1. The molecule has 1 aliphatic rings. The smallest absolute Gasteiger partial charge is 0.0541 e. The van der Waals surface area contributed by atoms with E-state index in [1.54, 1.807) is 0 Å². The molecule has 13 rings (SSSR count). The minimum Gasteiger partial charge on any atom is -0.310 e. The van der Waals surface area contributed by atoms with Crippen LogP contribution in [-0.2, 0) is 5.41 Å². The molecule has 0 bridgehead atoms. The fourth-order valence-corrected chi connectivity index (χ4v) is 12.0. The van der Waals surface area contributed by atoms with Gasteiger partial charge in [-0.05, 0) is 123 Å². The Bertz CT molecular complexity index is 3790. The molecule has 66 heavy (non-hydrogen) atoms. The van der Waals surface area contributed by atoms with Gasteiger partial charge in [0.15, 0.2) is 0 Å². The lowest BCUT2D eigenvalue weighted by Gasteiger charge is -2.27. The second-order valence-corrected chi connectivity index (χ2v) is 19.2. The number of rotatable bonds is 7. The zero-order valence-electron chi connectivity index (χ0n) is 36.7. The molecule has 0 fully saturated rings. The first-order chi connectivity index (χ1) is 32.5. The van der Waals surface area contributed by atoms with E-state index in [0.29, 0.717) is 0 Å². The maximum absolute atomic E-state index is 2.42. The Morgan fingerprint density at radius 2 is 0.909 bits per heavy atom. The molecular formula is C63H44N2S. The van der Waals surface area contributed by atoms with E-state index in [-0.39, 0.29) is 5.41 Å². The molecule has 312 valence electrons. The van der Waals surface area contributed by atoms with Crippen LogP contribution in [0.25, 0.3) is 92.2 Å². The highest BCUT2D eigenvalue weighted by Crippen LogP contribution is 2.52. The van der Waals surface area contributed by atoms with Crippen molar-refractivity contribution < 1.29 is 0 Å². The SMILES string of the molecule is CC1(C)c2ccccc2-c2cccc(-c3ccc(N(c4ccc(-c5cccc(-c6ccccc6-n6c7ccccc7c7ccccc76)c5)cc4)c4ccc5sc6ccccc6c5c4)cc3)c21. The third-order valence-electron chi connectivity index (χ3n) is 14.0. The van der Waals surface area contributed by atoms with Gasteiger partial charge in [0.25, 0.3) is 0 Å². The van der Waals surface area contributed by atoms with E-state index in [9.17, 15) is 0 Å². The number of nitrogens with zero attached hydrogens (tertiary/aromatic N) is 2. The van der Waals surface area contributed by atoms with Crippen molar-refractivity contribution in [1.29, 1.82) is 0 Å². The van der Waals surface area contributed by atoms with Gasteiger partial charge in [-0.25, -0.2) is 0 Å². The fraction of sp³-hybridized carbons (Fsp3) is 0.0476. The van der Waals surface area contributed by atoms with E-state index in [1.165, 1.54) is 103 Å². The van der Waals surface area contributed by atoms with Crippen LogP contribution in [0.3, 0.4) is 0 Å². The van der Waals surface area contributed by atoms with Crippen LogP contribution in [0.1, 0.15) is 25.0 Å². The van der Waals surface area contributed by atoms with Crippen LogP contribution in [0, 0.1) is 0 Å². The topological polar surface area (TPSA) is 8.17 Å². The quantitative estimate of drug-likeness (QED) is 0.155. The minimum atomic E-state index is -0.0943. The monoisotopic (exact) mass is 860 g/mol. The van der Waals surface area contributed by atoms with Crippen molar-refractivity contribution in [2.75, 3.05) is 4.90 Å². The lowest BCUT2D eigenvalue weighted by atomic mass is 9.79. The van der Waals surface area contributed by atoms with Crippen LogP contribution in [0.4, 0.5) is 17.1 Å². The highest BCUT2D eigenvalue weighted by atomic mass is 32.1. The van der Waals surface area contributed by atoms with Gasteiger partial charge in [0.2, 0.25) is 0 Å². The molecule has 0 amide bonds. The predicted molar refractivity (Wildman–Crippen MR) is 282 cm³/mol. The molecule has 1 aliphatic carbocycles. The predicted octanol–water partition coefficient (Wildman–Crippen LogP) is 17.9. The van der Waals surface area contributed by atoms with Crippen LogP contribution in [0.2, 0.25) is 0 Å². The minimum absolute atomic E-state index is 0.0943. The molecule has 2 nitrogen and oxygen atoms in total. The Morgan fingerprint density at radius 1 is 0.364 bits per heavy atom. The van der Waals surface area contributed by atoms with Crippen molar-refractivity contribution in [3.05, 3.63) is 242 Å². The first-order valence-electron chi connectivity index (χ1n) is 22.8. The standard InChI is InChI=1S/C63H44N2S/c1-63(2)56-24-8-3-18-50(56)54-23-14-22-49(62(54)63)42-31-35-46(36-32-42)64(47-37-38-61-55(40-47)53-21-7-12-28-60(53)66-61)45-33-29-41(30-34-45)43-15-13-16-44(39-43)48-17-4-9-25-57(48)65-58-26-10-5-19-51(58)52-20-6-11-27-59(52)65/h3-40H,1-2H3. The maximum atomic E-state index is 2.42. The van der Waals surface area contributed by atoms with E-state index >= 15 is 0 Å². The van der Waals surface area contributed by atoms with Crippen LogP contribution < -0.4 is 4.90 Å². The number of benzene rings is 10. The summed E-state index contributed by atoms with van der Waals surface area (Å²) in [5, 5.41) is 5.11. The molecule has 12 aromatic rings. The number of thiophene rings is 1. The van der Waals surface area contributed by atoms with E-state index in [0.717, 1.165) is 17.1 Å². The largest absolute Gasteiger partial charge is 0.310 e. The summed E-state index contributed by atoms with van der Waals surface area (Å²) in [7, 11) is 0. The van der Waals surface area contributed by atoms with E-state index < -0.39 is 0 Å².